The molecule has 14 heavy (non-hydrogen) atoms. The van der Waals surface area contributed by atoms with Gasteiger partial charge < -0.3 is 14.2 Å². The molecule has 2 rings (SSSR count). The monoisotopic (exact) mass is 194 g/mol. The van der Waals surface area contributed by atoms with Crippen LogP contribution in [0.2, 0.25) is 0 Å². The largest absolute Gasteiger partial charge is 0.441 e. The summed E-state index contributed by atoms with van der Waals surface area (Å²) in [6, 6.07) is 9.51. The summed E-state index contributed by atoms with van der Waals surface area (Å²) in [6.07, 6.45) is 0. The van der Waals surface area contributed by atoms with Crippen molar-refractivity contribution in [1.29, 1.82) is 0 Å². The normalized spacial score (nSPS) is 24.9. The zero-order chi connectivity index (χ0) is 10.0. The molecule has 0 aromatic heterocycles. The lowest BCUT2D eigenvalue weighted by atomic mass is 10.2. The zero-order valence-corrected chi connectivity index (χ0v) is 8.40. The SMILES string of the molecule is CC1(C)COC(Oc2ccccc2)O1. The Bertz CT molecular complexity index is 295. The fourth-order valence-corrected chi connectivity index (χ4v) is 1.27. The van der Waals surface area contributed by atoms with E-state index in [2.05, 4.69) is 0 Å². The predicted octanol–water partition coefficient (Wildman–Crippen LogP) is 2.17. The Balaban J connectivity index is 1.94. The zero-order valence-electron chi connectivity index (χ0n) is 8.40. The second kappa shape index (κ2) is 3.59. The summed E-state index contributed by atoms with van der Waals surface area (Å²) in [5.74, 6) is 0.759. The molecule has 1 aliphatic rings. The van der Waals surface area contributed by atoms with Crippen molar-refractivity contribution in [2.75, 3.05) is 6.61 Å². The smallest absolute Gasteiger partial charge is 0.316 e. The second-order valence-corrected chi connectivity index (χ2v) is 3.91. The highest BCUT2D eigenvalue weighted by molar-refractivity contribution is 5.20. The van der Waals surface area contributed by atoms with E-state index >= 15 is 0 Å². The quantitative estimate of drug-likeness (QED) is 0.722. The molecule has 1 unspecified atom stereocenters. The summed E-state index contributed by atoms with van der Waals surface area (Å²) >= 11 is 0. The molecule has 0 bridgehead atoms. The second-order valence-electron chi connectivity index (χ2n) is 3.91. The standard InChI is InChI=1S/C11H14O3/c1-11(2)8-12-10(14-11)13-9-6-4-3-5-7-9/h3-7,10H,8H2,1-2H3. The molecule has 0 aliphatic carbocycles. The van der Waals surface area contributed by atoms with Crippen molar-refractivity contribution >= 4 is 0 Å². The van der Waals surface area contributed by atoms with Gasteiger partial charge in [0.1, 0.15) is 5.75 Å². The van der Waals surface area contributed by atoms with Crippen molar-refractivity contribution in [2.24, 2.45) is 0 Å². The van der Waals surface area contributed by atoms with E-state index in [1.807, 2.05) is 44.2 Å². The third kappa shape index (κ3) is 2.25. The Morgan fingerprint density at radius 2 is 2.00 bits per heavy atom. The van der Waals surface area contributed by atoms with Gasteiger partial charge in [0.25, 0.3) is 0 Å². The van der Waals surface area contributed by atoms with E-state index < -0.39 is 6.48 Å². The average Bonchev–Trinajstić information content (AvgIpc) is 2.47. The van der Waals surface area contributed by atoms with Gasteiger partial charge in [-0.25, -0.2) is 0 Å². The van der Waals surface area contributed by atoms with Crippen LogP contribution in [0.25, 0.3) is 0 Å². The van der Waals surface area contributed by atoms with Gasteiger partial charge in [0.2, 0.25) is 0 Å². The highest BCUT2D eigenvalue weighted by atomic mass is 16.9. The molecule has 0 amide bonds. The maximum absolute atomic E-state index is 5.51. The first-order valence-corrected chi connectivity index (χ1v) is 4.67. The Labute approximate surface area is 83.6 Å². The van der Waals surface area contributed by atoms with Crippen LogP contribution in [0.1, 0.15) is 13.8 Å². The molecule has 76 valence electrons. The van der Waals surface area contributed by atoms with Crippen molar-refractivity contribution in [3.05, 3.63) is 30.3 Å². The van der Waals surface area contributed by atoms with Crippen molar-refractivity contribution in [2.45, 2.75) is 25.9 Å². The van der Waals surface area contributed by atoms with E-state index in [0.29, 0.717) is 6.61 Å². The first kappa shape index (κ1) is 9.49. The molecule has 1 heterocycles. The van der Waals surface area contributed by atoms with E-state index in [9.17, 15) is 0 Å². The summed E-state index contributed by atoms with van der Waals surface area (Å²) in [7, 11) is 0. The van der Waals surface area contributed by atoms with Gasteiger partial charge in [-0.15, -0.1) is 0 Å². The summed E-state index contributed by atoms with van der Waals surface area (Å²) in [4.78, 5) is 0. The van der Waals surface area contributed by atoms with Gasteiger partial charge in [-0.1, -0.05) is 18.2 Å². The molecule has 0 N–H and O–H groups in total. The lowest BCUT2D eigenvalue weighted by molar-refractivity contribution is -0.197. The number of benzene rings is 1. The molecular formula is C11H14O3. The fourth-order valence-electron chi connectivity index (χ4n) is 1.27. The molecule has 3 heteroatoms. The van der Waals surface area contributed by atoms with Crippen LogP contribution >= 0.6 is 0 Å². The lowest BCUT2D eigenvalue weighted by Gasteiger charge is -2.16. The first-order valence-electron chi connectivity index (χ1n) is 4.67. The van der Waals surface area contributed by atoms with Crippen molar-refractivity contribution < 1.29 is 14.2 Å². The molecule has 3 nitrogen and oxygen atoms in total. The van der Waals surface area contributed by atoms with Gasteiger partial charge in [-0.2, -0.15) is 0 Å². The predicted molar refractivity (Wildman–Crippen MR) is 52.0 cm³/mol. The number of hydrogen-bond acceptors (Lipinski definition) is 3. The summed E-state index contributed by atoms with van der Waals surface area (Å²) in [6.45, 7) is 3.93. The molecule has 1 fully saturated rings. The number of rotatable bonds is 2. The van der Waals surface area contributed by atoms with E-state index in [0.717, 1.165) is 5.75 Å². The summed E-state index contributed by atoms with van der Waals surface area (Å²) in [5, 5.41) is 0. The number of ether oxygens (including phenoxy) is 3. The van der Waals surface area contributed by atoms with Crippen LogP contribution in [-0.2, 0) is 9.47 Å². The minimum atomic E-state index is -0.576. The molecular weight excluding hydrogens is 180 g/mol. The third-order valence-corrected chi connectivity index (χ3v) is 1.96. The Kier molecular flexibility index (Phi) is 2.44. The van der Waals surface area contributed by atoms with Crippen LogP contribution in [0, 0.1) is 0 Å². The molecule has 0 saturated carbocycles. The molecule has 0 spiro atoms. The highest BCUT2D eigenvalue weighted by Crippen LogP contribution is 2.24. The third-order valence-electron chi connectivity index (χ3n) is 1.96. The first-order chi connectivity index (χ1) is 6.66. The molecule has 1 aromatic rings. The van der Waals surface area contributed by atoms with Gasteiger partial charge in [-0.3, -0.25) is 0 Å². The molecule has 1 aromatic carbocycles. The Hall–Kier alpha value is -1.06. The van der Waals surface area contributed by atoms with Crippen LogP contribution in [0.4, 0.5) is 0 Å². The van der Waals surface area contributed by atoms with Crippen LogP contribution in [0.15, 0.2) is 30.3 Å². The van der Waals surface area contributed by atoms with Crippen molar-refractivity contribution in [1.82, 2.24) is 0 Å². The topological polar surface area (TPSA) is 27.7 Å². The van der Waals surface area contributed by atoms with E-state index in [4.69, 9.17) is 14.2 Å². The molecule has 1 atom stereocenters. The average molecular weight is 194 g/mol. The van der Waals surface area contributed by atoms with Crippen LogP contribution in [-0.4, -0.2) is 18.7 Å². The number of hydrogen-bond donors (Lipinski definition) is 0. The van der Waals surface area contributed by atoms with E-state index in [1.54, 1.807) is 0 Å². The molecule has 1 aliphatic heterocycles. The van der Waals surface area contributed by atoms with Gasteiger partial charge in [0.05, 0.1) is 12.2 Å². The minimum Gasteiger partial charge on any atom is -0.441 e. The van der Waals surface area contributed by atoms with Crippen molar-refractivity contribution in [3.8, 4) is 5.75 Å². The van der Waals surface area contributed by atoms with Gasteiger partial charge >= 0.3 is 6.48 Å². The molecule has 0 radical (unpaired) electrons. The highest BCUT2D eigenvalue weighted by Gasteiger charge is 2.33. The maximum Gasteiger partial charge on any atom is 0.316 e. The van der Waals surface area contributed by atoms with Gasteiger partial charge in [-0.05, 0) is 26.0 Å². The molecule has 1 saturated heterocycles. The summed E-state index contributed by atoms with van der Waals surface area (Å²) < 4.78 is 16.3. The van der Waals surface area contributed by atoms with Crippen LogP contribution < -0.4 is 4.74 Å². The maximum atomic E-state index is 5.51. The van der Waals surface area contributed by atoms with Crippen LogP contribution in [0.5, 0.6) is 5.75 Å². The Morgan fingerprint density at radius 1 is 1.29 bits per heavy atom. The van der Waals surface area contributed by atoms with E-state index in [-0.39, 0.29) is 5.60 Å². The van der Waals surface area contributed by atoms with E-state index in [1.165, 1.54) is 0 Å². The van der Waals surface area contributed by atoms with Gasteiger partial charge in [0, 0.05) is 0 Å². The minimum absolute atomic E-state index is 0.251. The summed E-state index contributed by atoms with van der Waals surface area (Å²) in [5.41, 5.74) is -0.251. The number of para-hydroxylation sites is 1. The Morgan fingerprint density at radius 3 is 2.57 bits per heavy atom. The van der Waals surface area contributed by atoms with Crippen molar-refractivity contribution in [3.63, 3.8) is 0 Å². The van der Waals surface area contributed by atoms with Crippen LogP contribution in [0.3, 0.4) is 0 Å². The van der Waals surface area contributed by atoms with Gasteiger partial charge in [0.15, 0.2) is 0 Å². The lowest BCUT2D eigenvalue weighted by Crippen LogP contribution is -2.24. The fraction of sp³-hybridized carbons (Fsp3) is 0.455.